The molecule has 0 aliphatic rings. The van der Waals surface area contributed by atoms with Crippen LogP contribution in [-0.4, -0.2) is 38.1 Å². The molecule has 5 heteroatoms. The van der Waals surface area contributed by atoms with Gasteiger partial charge in [0.15, 0.2) is 6.61 Å². The Labute approximate surface area is 167 Å². The number of amides is 1. The highest BCUT2D eigenvalue weighted by Gasteiger charge is 2.18. The van der Waals surface area contributed by atoms with Crippen LogP contribution in [0, 0.1) is 0 Å². The van der Waals surface area contributed by atoms with E-state index in [0.29, 0.717) is 17.3 Å². The van der Waals surface area contributed by atoms with Crippen LogP contribution in [0.3, 0.4) is 0 Å². The molecule has 0 heterocycles. The molecule has 2 aromatic carbocycles. The maximum Gasteiger partial charge on any atom is 0.258 e. The molecule has 0 spiro atoms. The van der Waals surface area contributed by atoms with Crippen LogP contribution < -0.4 is 10.1 Å². The number of hydrogen-bond donors (Lipinski definition) is 1. The molecule has 27 heavy (non-hydrogen) atoms. The molecule has 4 nitrogen and oxygen atoms in total. The zero-order chi connectivity index (χ0) is 20.0. The molecule has 1 atom stereocenters. The number of carbonyl (C=O) groups is 1. The highest BCUT2D eigenvalue weighted by molar-refractivity contribution is 6.32. The third-order valence-corrected chi connectivity index (χ3v) is 4.79. The van der Waals surface area contributed by atoms with Gasteiger partial charge >= 0.3 is 0 Å². The van der Waals surface area contributed by atoms with Gasteiger partial charge in [-0.25, -0.2) is 0 Å². The van der Waals surface area contributed by atoms with E-state index in [1.54, 1.807) is 12.1 Å². The average Bonchev–Trinajstić information content (AvgIpc) is 2.60. The first kappa shape index (κ1) is 21.3. The third-order valence-electron chi connectivity index (χ3n) is 4.47. The van der Waals surface area contributed by atoms with Gasteiger partial charge in [-0.3, -0.25) is 4.79 Å². The molecule has 0 saturated carbocycles. The topological polar surface area (TPSA) is 41.6 Å². The van der Waals surface area contributed by atoms with Crippen molar-refractivity contribution < 1.29 is 9.53 Å². The van der Waals surface area contributed by atoms with Crippen molar-refractivity contribution >= 4 is 17.5 Å². The van der Waals surface area contributed by atoms with E-state index in [2.05, 4.69) is 55.3 Å². The largest absolute Gasteiger partial charge is 0.482 e. The number of likely N-dealkylation sites (N-methyl/N-ethyl adjacent to an activating group) is 1. The minimum Gasteiger partial charge on any atom is -0.482 e. The quantitative estimate of drug-likeness (QED) is 0.762. The Morgan fingerprint density at radius 3 is 2.30 bits per heavy atom. The highest BCUT2D eigenvalue weighted by Crippen LogP contribution is 2.25. The molecule has 0 fully saturated rings. The number of nitrogens with one attached hydrogen (secondary N) is 1. The second-order valence-corrected chi connectivity index (χ2v) is 8.28. The van der Waals surface area contributed by atoms with Crippen molar-refractivity contribution in [3.8, 4) is 5.75 Å². The lowest BCUT2D eigenvalue weighted by atomic mass is 9.86. The number of halogens is 1. The number of carbonyl (C=O) groups excluding carboxylic acids is 1. The fourth-order valence-corrected chi connectivity index (χ4v) is 2.96. The molecule has 0 unspecified atom stereocenters. The van der Waals surface area contributed by atoms with Gasteiger partial charge in [-0.1, -0.05) is 68.8 Å². The van der Waals surface area contributed by atoms with Gasteiger partial charge in [-0.05, 0) is 42.8 Å². The van der Waals surface area contributed by atoms with Gasteiger partial charge in [-0.2, -0.15) is 0 Å². The van der Waals surface area contributed by atoms with Crippen LogP contribution >= 0.6 is 11.6 Å². The molecule has 0 saturated heterocycles. The summed E-state index contributed by atoms with van der Waals surface area (Å²) in [6.45, 7) is 7.04. The van der Waals surface area contributed by atoms with Crippen molar-refractivity contribution in [3.63, 3.8) is 0 Å². The fourth-order valence-electron chi connectivity index (χ4n) is 2.77. The molecule has 2 aromatic rings. The van der Waals surface area contributed by atoms with Crippen LogP contribution in [0.2, 0.25) is 5.02 Å². The second kappa shape index (κ2) is 9.25. The van der Waals surface area contributed by atoms with Crippen LogP contribution in [0.25, 0.3) is 0 Å². The number of hydrogen-bond acceptors (Lipinski definition) is 3. The monoisotopic (exact) mass is 388 g/mol. The molecular formula is C22H29ClN2O2. The van der Waals surface area contributed by atoms with E-state index >= 15 is 0 Å². The predicted octanol–water partition coefficient (Wildman–Crippen LogP) is 4.44. The van der Waals surface area contributed by atoms with E-state index in [4.69, 9.17) is 16.3 Å². The minimum atomic E-state index is -0.173. The molecule has 0 radical (unpaired) electrons. The summed E-state index contributed by atoms with van der Waals surface area (Å²) in [5, 5.41) is 3.44. The summed E-state index contributed by atoms with van der Waals surface area (Å²) in [6.07, 6.45) is 0. The number of ether oxygens (including phenoxy) is 1. The van der Waals surface area contributed by atoms with Gasteiger partial charge in [0.05, 0.1) is 11.1 Å². The Morgan fingerprint density at radius 2 is 1.74 bits per heavy atom. The van der Waals surface area contributed by atoms with E-state index in [1.807, 2.05) is 26.2 Å². The first-order valence-corrected chi connectivity index (χ1v) is 9.47. The van der Waals surface area contributed by atoms with Crippen LogP contribution in [-0.2, 0) is 10.2 Å². The molecule has 146 valence electrons. The number of rotatable bonds is 7. The fraction of sp³-hybridized carbons (Fsp3) is 0.409. The first-order valence-electron chi connectivity index (χ1n) is 9.09. The van der Waals surface area contributed by atoms with Crippen LogP contribution in [0.15, 0.2) is 48.5 Å². The summed E-state index contributed by atoms with van der Waals surface area (Å²) in [5.74, 6) is 0.337. The van der Waals surface area contributed by atoms with Crippen molar-refractivity contribution in [3.05, 3.63) is 64.7 Å². The summed E-state index contributed by atoms with van der Waals surface area (Å²) in [4.78, 5) is 14.3. The molecule has 0 aliphatic carbocycles. The maximum absolute atomic E-state index is 12.2. The summed E-state index contributed by atoms with van der Waals surface area (Å²) in [5.41, 5.74) is 2.58. The molecule has 1 amide bonds. The summed E-state index contributed by atoms with van der Waals surface area (Å²) in [6, 6.07) is 15.8. The van der Waals surface area contributed by atoms with Crippen LogP contribution in [0.4, 0.5) is 0 Å². The Bertz CT molecular complexity index is 752. The average molecular weight is 389 g/mol. The Hall–Kier alpha value is -2.04. The smallest absolute Gasteiger partial charge is 0.258 e. The van der Waals surface area contributed by atoms with E-state index in [1.165, 1.54) is 11.1 Å². The van der Waals surface area contributed by atoms with Crippen molar-refractivity contribution in [2.45, 2.75) is 32.2 Å². The zero-order valence-corrected chi connectivity index (χ0v) is 17.5. The van der Waals surface area contributed by atoms with Gasteiger partial charge in [0.1, 0.15) is 5.75 Å². The number of nitrogens with zero attached hydrogens (tertiary/aromatic N) is 1. The first-order chi connectivity index (χ1) is 12.7. The standard InChI is InChI=1S/C22H29ClN2O2/c1-22(2,3)17-12-10-16(11-13-17)19(25(4)5)14-24-21(26)15-27-20-9-7-6-8-18(20)23/h6-13,19H,14-15H2,1-5H3,(H,24,26)/t19-/m0/s1. The summed E-state index contributed by atoms with van der Waals surface area (Å²) >= 11 is 6.04. The normalized spacial score (nSPS) is 12.7. The lowest BCUT2D eigenvalue weighted by Crippen LogP contribution is -2.36. The Morgan fingerprint density at radius 1 is 1.11 bits per heavy atom. The second-order valence-electron chi connectivity index (χ2n) is 7.87. The van der Waals surface area contributed by atoms with Crippen LogP contribution in [0.5, 0.6) is 5.75 Å². The Balaban J connectivity index is 1.94. The van der Waals surface area contributed by atoms with Gasteiger partial charge in [0, 0.05) is 6.54 Å². The predicted molar refractivity (Wildman–Crippen MR) is 112 cm³/mol. The SMILES string of the molecule is CN(C)[C@@H](CNC(=O)COc1ccccc1Cl)c1ccc(C(C)(C)C)cc1. The van der Waals surface area contributed by atoms with Gasteiger partial charge in [0.25, 0.3) is 5.91 Å². The van der Waals surface area contributed by atoms with Gasteiger partial charge in [-0.15, -0.1) is 0 Å². The molecule has 2 rings (SSSR count). The highest BCUT2D eigenvalue weighted by atomic mass is 35.5. The zero-order valence-electron chi connectivity index (χ0n) is 16.8. The maximum atomic E-state index is 12.2. The summed E-state index contributed by atoms with van der Waals surface area (Å²) in [7, 11) is 4.02. The lowest BCUT2D eigenvalue weighted by Gasteiger charge is -2.26. The van der Waals surface area contributed by atoms with Crippen molar-refractivity contribution in [1.82, 2.24) is 10.2 Å². The van der Waals surface area contributed by atoms with E-state index in [0.717, 1.165) is 0 Å². The molecule has 0 aliphatic heterocycles. The van der Waals surface area contributed by atoms with E-state index in [9.17, 15) is 4.79 Å². The van der Waals surface area contributed by atoms with E-state index in [-0.39, 0.29) is 24.0 Å². The van der Waals surface area contributed by atoms with Gasteiger partial charge in [0.2, 0.25) is 0 Å². The summed E-state index contributed by atoms with van der Waals surface area (Å²) < 4.78 is 5.49. The lowest BCUT2D eigenvalue weighted by molar-refractivity contribution is -0.123. The van der Waals surface area contributed by atoms with Crippen molar-refractivity contribution in [1.29, 1.82) is 0 Å². The van der Waals surface area contributed by atoms with E-state index < -0.39 is 0 Å². The van der Waals surface area contributed by atoms with Crippen molar-refractivity contribution in [2.24, 2.45) is 0 Å². The number of benzene rings is 2. The number of para-hydroxylation sites is 1. The minimum absolute atomic E-state index is 0.0627. The van der Waals surface area contributed by atoms with Gasteiger partial charge < -0.3 is 15.0 Å². The molecular weight excluding hydrogens is 360 g/mol. The van der Waals surface area contributed by atoms with Crippen LogP contribution in [0.1, 0.15) is 37.9 Å². The molecule has 0 bridgehead atoms. The molecule has 0 aromatic heterocycles. The Kier molecular flexibility index (Phi) is 7.28. The molecule has 1 N–H and O–H groups in total. The third kappa shape index (κ3) is 6.26. The van der Waals surface area contributed by atoms with Crippen molar-refractivity contribution in [2.75, 3.05) is 27.2 Å².